The highest BCUT2D eigenvalue weighted by Crippen LogP contribution is 2.17. The Bertz CT molecular complexity index is 737. The second kappa shape index (κ2) is 31.3. The lowest BCUT2D eigenvalue weighted by Gasteiger charge is -2.18. The molecule has 7 nitrogen and oxygen atoms in total. The SMILES string of the molecule is CCCCC/C=C\C/C=C\CCCCCCCCCC(=O)OC(CCCC)CCCCCC(=O)NC(CCCN)C(=O)O. The van der Waals surface area contributed by atoms with E-state index in [0.29, 0.717) is 38.6 Å². The molecule has 0 bridgehead atoms. The fraction of sp³-hybridized carbons (Fsp3) is 0.806. The van der Waals surface area contributed by atoms with E-state index < -0.39 is 12.0 Å². The van der Waals surface area contributed by atoms with Gasteiger partial charge in [-0.15, -0.1) is 0 Å². The van der Waals surface area contributed by atoms with Crippen LogP contribution in [0.2, 0.25) is 0 Å². The molecule has 0 radical (unpaired) electrons. The molecular weight excluding hydrogens is 540 g/mol. The molecular formula is C36H66N2O5. The summed E-state index contributed by atoms with van der Waals surface area (Å²) in [7, 11) is 0. The highest BCUT2D eigenvalue weighted by Gasteiger charge is 2.19. The predicted molar refractivity (Wildman–Crippen MR) is 179 cm³/mol. The standard InChI is InChI=1S/C36H66N2O5/c1-3-5-7-8-9-10-11-12-13-14-15-16-17-18-19-20-24-30-35(40)43-32(26-6-4-2)27-22-21-23-29-34(39)38-33(36(41)42)28-25-31-37/h9-10,12-13,32-33H,3-8,11,14-31,37H2,1-2H3,(H,38,39)(H,41,42)/b10-9-,13-12-. The maximum atomic E-state index is 12.4. The van der Waals surface area contributed by atoms with Gasteiger partial charge in [-0.05, 0) is 83.6 Å². The number of hydrogen-bond donors (Lipinski definition) is 3. The van der Waals surface area contributed by atoms with E-state index in [9.17, 15) is 19.5 Å². The number of allylic oxidation sites excluding steroid dienone is 4. The lowest BCUT2D eigenvalue weighted by molar-refractivity contribution is -0.150. The van der Waals surface area contributed by atoms with Crippen LogP contribution in [-0.4, -0.2) is 41.6 Å². The van der Waals surface area contributed by atoms with Crippen molar-refractivity contribution in [1.29, 1.82) is 0 Å². The molecule has 0 saturated carbocycles. The Morgan fingerprint density at radius 3 is 1.86 bits per heavy atom. The molecule has 0 aromatic carbocycles. The number of nitrogens with one attached hydrogen (secondary N) is 1. The van der Waals surface area contributed by atoms with Crippen LogP contribution in [-0.2, 0) is 19.1 Å². The Balaban J connectivity index is 3.90. The Kier molecular flexibility index (Phi) is 29.7. The van der Waals surface area contributed by atoms with Crippen LogP contribution < -0.4 is 11.1 Å². The lowest BCUT2D eigenvalue weighted by atomic mass is 10.0. The van der Waals surface area contributed by atoms with Crippen LogP contribution in [0.25, 0.3) is 0 Å². The summed E-state index contributed by atoms with van der Waals surface area (Å²) in [5, 5.41) is 11.8. The Morgan fingerprint density at radius 2 is 1.23 bits per heavy atom. The van der Waals surface area contributed by atoms with E-state index in [1.165, 1.54) is 64.2 Å². The van der Waals surface area contributed by atoms with Crippen molar-refractivity contribution in [2.45, 2.75) is 180 Å². The van der Waals surface area contributed by atoms with Gasteiger partial charge < -0.3 is 20.9 Å². The van der Waals surface area contributed by atoms with Gasteiger partial charge in [0.05, 0.1) is 0 Å². The van der Waals surface area contributed by atoms with Gasteiger partial charge in [0, 0.05) is 12.8 Å². The highest BCUT2D eigenvalue weighted by molar-refractivity contribution is 5.83. The molecule has 0 heterocycles. The summed E-state index contributed by atoms with van der Waals surface area (Å²) >= 11 is 0. The van der Waals surface area contributed by atoms with Crippen LogP contribution in [0, 0.1) is 0 Å². The van der Waals surface area contributed by atoms with E-state index in [0.717, 1.165) is 57.8 Å². The number of carboxylic acid groups (broad SMARTS) is 1. The molecule has 0 aliphatic rings. The third-order valence-electron chi connectivity index (χ3n) is 7.77. The van der Waals surface area contributed by atoms with Crippen LogP contribution in [0.4, 0.5) is 0 Å². The summed E-state index contributed by atoms with van der Waals surface area (Å²) in [6.45, 7) is 4.78. The van der Waals surface area contributed by atoms with Crippen molar-refractivity contribution in [1.82, 2.24) is 5.32 Å². The summed E-state index contributed by atoms with van der Waals surface area (Å²) in [5.41, 5.74) is 5.45. The van der Waals surface area contributed by atoms with Gasteiger partial charge >= 0.3 is 11.9 Å². The van der Waals surface area contributed by atoms with E-state index in [4.69, 9.17) is 10.5 Å². The average Bonchev–Trinajstić information content (AvgIpc) is 2.99. The number of carboxylic acids is 1. The van der Waals surface area contributed by atoms with Crippen molar-refractivity contribution in [2.75, 3.05) is 6.54 Å². The summed E-state index contributed by atoms with van der Waals surface area (Å²) in [5.74, 6) is -1.34. The zero-order chi connectivity index (χ0) is 31.8. The van der Waals surface area contributed by atoms with Gasteiger partial charge in [0.15, 0.2) is 0 Å². The normalized spacial score (nSPS) is 13.0. The summed E-state index contributed by atoms with van der Waals surface area (Å²) in [6, 6.07) is -0.871. The molecule has 0 aromatic heterocycles. The summed E-state index contributed by atoms with van der Waals surface area (Å²) in [4.78, 5) is 35.8. The lowest BCUT2D eigenvalue weighted by Crippen LogP contribution is -2.40. The summed E-state index contributed by atoms with van der Waals surface area (Å²) in [6.07, 6.45) is 32.6. The largest absolute Gasteiger partial charge is 0.480 e. The molecule has 4 N–H and O–H groups in total. The number of hydrogen-bond acceptors (Lipinski definition) is 5. The molecule has 7 heteroatoms. The smallest absolute Gasteiger partial charge is 0.326 e. The zero-order valence-electron chi connectivity index (χ0n) is 27.8. The molecule has 2 atom stereocenters. The fourth-order valence-corrected chi connectivity index (χ4v) is 5.05. The van der Waals surface area contributed by atoms with Gasteiger partial charge in [0.25, 0.3) is 0 Å². The van der Waals surface area contributed by atoms with Crippen LogP contribution in [0.3, 0.4) is 0 Å². The number of carbonyl (C=O) groups is 3. The maximum absolute atomic E-state index is 12.4. The molecule has 250 valence electrons. The quantitative estimate of drug-likeness (QED) is 0.0412. The van der Waals surface area contributed by atoms with Crippen molar-refractivity contribution >= 4 is 17.8 Å². The van der Waals surface area contributed by atoms with E-state index in [-0.39, 0.29) is 18.0 Å². The molecule has 0 aliphatic heterocycles. The minimum absolute atomic E-state index is 0.0511. The van der Waals surface area contributed by atoms with Crippen LogP contribution in [0.1, 0.15) is 168 Å². The van der Waals surface area contributed by atoms with Crippen molar-refractivity contribution in [3.63, 3.8) is 0 Å². The van der Waals surface area contributed by atoms with E-state index in [2.05, 4.69) is 43.5 Å². The number of esters is 1. The van der Waals surface area contributed by atoms with Crippen molar-refractivity contribution in [2.24, 2.45) is 5.73 Å². The Hall–Kier alpha value is -2.15. The second-order valence-electron chi connectivity index (χ2n) is 11.9. The molecule has 43 heavy (non-hydrogen) atoms. The van der Waals surface area contributed by atoms with Crippen molar-refractivity contribution < 1.29 is 24.2 Å². The number of unbranched alkanes of at least 4 members (excludes halogenated alkanes) is 13. The van der Waals surface area contributed by atoms with Gasteiger partial charge in [-0.25, -0.2) is 4.79 Å². The van der Waals surface area contributed by atoms with Gasteiger partial charge in [-0.1, -0.05) is 102 Å². The third-order valence-corrected chi connectivity index (χ3v) is 7.77. The molecule has 0 saturated heterocycles. The van der Waals surface area contributed by atoms with Gasteiger partial charge in [-0.3, -0.25) is 9.59 Å². The highest BCUT2D eigenvalue weighted by atomic mass is 16.5. The number of carbonyl (C=O) groups excluding carboxylic acids is 2. The first-order valence-electron chi connectivity index (χ1n) is 17.7. The third kappa shape index (κ3) is 28.4. The Labute approximate surface area is 263 Å². The fourth-order valence-electron chi connectivity index (χ4n) is 5.05. The number of ether oxygens (including phenoxy) is 1. The van der Waals surface area contributed by atoms with Crippen molar-refractivity contribution in [3.05, 3.63) is 24.3 Å². The molecule has 0 fully saturated rings. The molecule has 1 amide bonds. The minimum Gasteiger partial charge on any atom is -0.480 e. The van der Waals surface area contributed by atoms with Crippen LogP contribution in [0.5, 0.6) is 0 Å². The first kappa shape index (κ1) is 40.9. The molecule has 0 spiro atoms. The van der Waals surface area contributed by atoms with Crippen LogP contribution in [0.15, 0.2) is 24.3 Å². The van der Waals surface area contributed by atoms with Crippen LogP contribution >= 0.6 is 0 Å². The second-order valence-corrected chi connectivity index (χ2v) is 11.9. The van der Waals surface area contributed by atoms with E-state index in [1.807, 2.05) is 0 Å². The van der Waals surface area contributed by atoms with E-state index in [1.54, 1.807) is 0 Å². The first-order chi connectivity index (χ1) is 20.9. The number of aliphatic carboxylic acids is 1. The monoisotopic (exact) mass is 606 g/mol. The minimum atomic E-state index is -1.02. The number of rotatable bonds is 31. The molecule has 2 unspecified atom stereocenters. The average molecular weight is 607 g/mol. The summed E-state index contributed by atoms with van der Waals surface area (Å²) < 4.78 is 5.82. The predicted octanol–water partition coefficient (Wildman–Crippen LogP) is 8.94. The topological polar surface area (TPSA) is 119 Å². The molecule has 0 aromatic rings. The maximum Gasteiger partial charge on any atom is 0.326 e. The zero-order valence-corrected chi connectivity index (χ0v) is 27.8. The van der Waals surface area contributed by atoms with Gasteiger partial charge in [0.1, 0.15) is 12.1 Å². The first-order valence-corrected chi connectivity index (χ1v) is 17.7. The van der Waals surface area contributed by atoms with Gasteiger partial charge in [-0.2, -0.15) is 0 Å². The molecule has 0 aliphatic carbocycles. The number of nitrogens with two attached hydrogens (primary N) is 1. The van der Waals surface area contributed by atoms with Crippen molar-refractivity contribution in [3.8, 4) is 0 Å². The Morgan fingerprint density at radius 1 is 0.674 bits per heavy atom. The van der Waals surface area contributed by atoms with Gasteiger partial charge in [0.2, 0.25) is 5.91 Å². The number of amides is 1. The molecule has 0 rings (SSSR count). The van der Waals surface area contributed by atoms with E-state index >= 15 is 0 Å².